The van der Waals surface area contributed by atoms with Gasteiger partial charge in [-0.1, -0.05) is 24.3 Å². The van der Waals surface area contributed by atoms with Crippen LogP contribution in [0.3, 0.4) is 0 Å². The number of carbonyl (C=O) groups is 4. The van der Waals surface area contributed by atoms with E-state index < -0.39 is 160 Å². The molecular weight excluding hydrogens is 1530 g/mol. The Morgan fingerprint density at radius 3 is 1.33 bits per heavy atom. The van der Waals surface area contributed by atoms with Crippen LogP contribution in [0.4, 0.5) is 79.0 Å². The van der Waals surface area contributed by atoms with Gasteiger partial charge in [0, 0.05) is 60.3 Å². The zero-order valence-corrected chi connectivity index (χ0v) is 54.5. The number of ketones is 2. The summed E-state index contributed by atoms with van der Waals surface area (Å²) in [7, 11) is 4.34. The number of thiol groups is 1. The average molecular weight is 1580 g/mol. The van der Waals surface area contributed by atoms with Crippen molar-refractivity contribution in [3.8, 4) is 22.3 Å². The Balaban J connectivity index is 0.000000268. The van der Waals surface area contributed by atoms with Crippen LogP contribution in [-0.2, 0) is 29.0 Å². The Morgan fingerprint density at radius 1 is 0.545 bits per heavy atom. The van der Waals surface area contributed by atoms with Gasteiger partial charge in [0.15, 0.2) is 5.78 Å². The number of amides is 2. The molecule has 0 bridgehead atoms. The number of halogens is 21. The van der Waals surface area contributed by atoms with Crippen molar-refractivity contribution in [3.05, 3.63) is 227 Å². The summed E-state index contributed by atoms with van der Waals surface area (Å²) in [6, 6.07) is 20.4. The van der Waals surface area contributed by atoms with Gasteiger partial charge in [-0.05, 0) is 134 Å². The predicted octanol–water partition coefficient (Wildman–Crippen LogP) is 17.4. The van der Waals surface area contributed by atoms with Crippen LogP contribution in [-0.4, -0.2) is 77.0 Å². The summed E-state index contributed by atoms with van der Waals surface area (Å²) in [5.41, 5.74) is 8.14. The molecule has 9 rings (SSSR count). The quantitative estimate of drug-likeness (QED) is 0.0177. The molecule has 0 aliphatic carbocycles. The Hall–Kier alpha value is -8.71. The molecule has 4 aromatic carbocycles. The third kappa shape index (κ3) is 23.2. The molecule has 15 nitrogen and oxygen atoms in total. The van der Waals surface area contributed by atoms with Crippen LogP contribution in [0.2, 0.25) is 0 Å². The van der Waals surface area contributed by atoms with E-state index in [1.54, 1.807) is 23.3 Å². The Labute approximate surface area is 576 Å². The molecule has 0 spiro atoms. The fourth-order valence-corrected chi connectivity index (χ4v) is 10.6. The number of rotatable bonds is 23. The number of primary amides is 2. The molecule has 6 N–H and O–H groups in total. The summed E-state index contributed by atoms with van der Waals surface area (Å²) in [5, 5.41) is 13.1. The standard InChI is InChI=1S/C28H20BrF7N4O2.C23H18ClF3N2O2.C5H3BrF4N2.C5H4F4N2.BHNS/c29-22-24(26(33)34)39-40(25(22)27(35)36)12-18(41)9-15(6-13-7-16(30)11-17(31)8-13)23-19(2-1-5-38-23)14-3-4-21(32)20(10-14)28(37)42;24-12-18(30)9-15(6-13-7-16(25)11-17(26)8-13)22-19(2-1-5-29-22)14-3-4-21(27)20(10-14)23(28)31;6-1-2(4(7)8)11-12-3(1)5(9)10;6-4(7)2-1-3(5(8)9)11-10-2;1-2-3/h1-5,7-8,10-11,15,26-27H,6,9,12H2,(H2,37,42);1-5,7-8,10-11,15H,6,9,12H2,(H2,28,31);4-5H,(H,11,12);1,4-5H,(H,10,11);3H/t2*15-;;;/m11.../s1. The molecule has 38 heteroatoms. The second-order valence-electron chi connectivity index (χ2n) is 20.2. The number of aromatic amines is 2. The monoisotopic (exact) mass is 1570 g/mol. The topological polar surface area (TPSA) is 234 Å². The predicted molar refractivity (Wildman–Crippen MR) is 334 cm³/mol. The Kier molecular flexibility index (Phi) is 31.1. The van der Waals surface area contributed by atoms with Crippen LogP contribution >= 0.6 is 56.3 Å². The van der Waals surface area contributed by atoms with E-state index in [0.29, 0.717) is 44.8 Å². The van der Waals surface area contributed by atoms with Crippen molar-refractivity contribution in [1.29, 1.82) is 0 Å². The van der Waals surface area contributed by atoms with Crippen LogP contribution in [0, 0.1) is 34.9 Å². The van der Waals surface area contributed by atoms with Gasteiger partial charge in [-0.2, -0.15) is 15.3 Å². The van der Waals surface area contributed by atoms with Gasteiger partial charge in [0.2, 0.25) is 0 Å². The number of carbonyl (C=O) groups excluding carboxylic acids is 4. The molecule has 0 saturated heterocycles. The molecule has 5 aromatic heterocycles. The molecule has 9 aromatic rings. The maximum absolute atomic E-state index is 14.2. The number of H-pyrrole nitrogens is 2. The van der Waals surface area contributed by atoms with Gasteiger partial charge in [0.1, 0.15) is 81.4 Å². The molecule has 5 heterocycles. The van der Waals surface area contributed by atoms with Crippen molar-refractivity contribution in [2.75, 3.05) is 5.88 Å². The van der Waals surface area contributed by atoms with E-state index >= 15 is 0 Å². The Bertz CT molecular complexity index is 4180. The van der Waals surface area contributed by atoms with Gasteiger partial charge >= 0.3 is 24.8 Å². The number of nitrogens with two attached hydrogens (primary N) is 2. The van der Waals surface area contributed by atoms with E-state index in [4.69, 9.17) is 23.1 Å². The second-order valence-corrected chi connectivity index (χ2v) is 22.3. The van der Waals surface area contributed by atoms with Crippen molar-refractivity contribution in [1.82, 2.24) is 40.1 Å². The van der Waals surface area contributed by atoms with Gasteiger partial charge in [0.25, 0.3) is 50.4 Å². The molecule has 0 aliphatic rings. The van der Waals surface area contributed by atoms with Crippen molar-refractivity contribution >= 4 is 87.3 Å². The molecular formula is C61H46BBr2ClF18N11O4S. The van der Waals surface area contributed by atoms with Crippen LogP contribution in [0.1, 0.15) is 141 Å². The molecule has 2 atom stereocenters. The fourth-order valence-electron chi connectivity index (χ4n) is 9.29. The summed E-state index contributed by atoms with van der Waals surface area (Å²) in [6.07, 6.45) is -15.3. The van der Waals surface area contributed by atoms with Crippen LogP contribution in [0.5, 0.6) is 0 Å². The molecule has 0 aliphatic heterocycles. The number of alkyl halides is 13. The number of Topliss-reactive ketones (excluding diaryl/α,β-unsaturated/α-hetero) is 2. The van der Waals surface area contributed by atoms with E-state index in [9.17, 15) is 98.2 Å². The van der Waals surface area contributed by atoms with E-state index in [0.717, 1.165) is 30.3 Å². The third-order valence-corrected chi connectivity index (χ3v) is 15.3. The summed E-state index contributed by atoms with van der Waals surface area (Å²) in [5.74, 6) is -9.56. The van der Waals surface area contributed by atoms with Crippen LogP contribution < -0.4 is 11.5 Å². The van der Waals surface area contributed by atoms with E-state index in [2.05, 4.69) is 81.9 Å². The second kappa shape index (κ2) is 38.0. The number of hydrogen-bond acceptors (Lipinski definition) is 11. The number of aromatic nitrogens is 8. The minimum atomic E-state index is -3.24. The fraction of sp³-hybridized carbons (Fsp3) is 0.230. The molecule has 0 unspecified atom stereocenters. The van der Waals surface area contributed by atoms with Crippen molar-refractivity contribution in [2.45, 2.75) is 82.6 Å². The molecule has 525 valence electrons. The molecule has 99 heavy (non-hydrogen) atoms. The number of hydrogen-bond donors (Lipinski definition) is 5. The molecule has 2 amide bonds. The van der Waals surface area contributed by atoms with Gasteiger partial charge in [0.05, 0.1) is 37.3 Å². The molecule has 0 fully saturated rings. The normalized spacial score (nSPS) is 11.7. The van der Waals surface area contributed by atoms with Crippen LogP contribution in [0.25, 0.3) is 22.3 Å². The van der Waals surface area contributed by atoms with Gasteiger partial charge in [-0.15, -0.1) is 11.6 Å². The summed E-state index contributed by atoms with van der Waals surface area (Å²) < 4.78 is 234. The number of benzene rings is 4. The summed E-state index contributed by atoms with van der Waals surface area (Å²) >= 11 is 14.2. The van der Waals surface area contributed by atoms with Gasteiger partial charge in [-0.25, -0.2) is 79.0 Å². The first-order valence-corrected chi connectivity index (χ1v) is 30.1. The average Bonchev–Trinajstić information content (AvgIpc) is 1.63. The van der Waals surface area contributed by atoms with Crippen molar-refractivity contribution < 1.29 is 98.2 Å². The number of nitrogens with zero attached hydrogens (tertiary/aromatic N) is 7. The van der Waals surface area contributed by atoms with Gasteiger partial charge in [-0.3, -0.25) is 44.0 Å². The Morgan fingerprint density at radius 2 is 0.990 bits per heavy atom. The first-order valence-electron chi connectivity index (χ1n) is 27.6. The number of nitrogens with one attached hydrogen (secondary N) is 2. The van der Waals surface area contributed by atoms with E-state index in [-0.39, 0.29) is 57.8 Å². The number of pyridine rings is 2. The summed E-state index contributed by atoms with van der Waals surface area (Å²) in [6.45, 7) is -0.816. The molecule has 0 saturated carbocycles. The zero-order chi connectivity index (χ0) is 73.7. The third-order valence-electron chi connectivity index (χ3n) is 13.4. The summed E-state index contributed by atoms with van der Waals surface area (Å²) in [4.78, 5) is 57.4. The van der Waals surface area contributed by atoms with Crippen LogP contribution in [0.15, 0.2) is 129 Å². The minimum absolute atomic E-state index is 0.0183. The maximum atomic E-state index is 14.2. The van der Waals surface area contributed by atoms with E-state index in [1.165, 1.54) is 54.9 Å². The molecule has 1 radical (unpaired) electrons. The SMILES string of the molecule is FC(F)c1cc(C(F)F)[nH]n1.FC(F)c1n[nH]c(C(F)F)c1Br.NC(=O)c1cc(-c2cccnc2[C@@H](CC(=O)CCl)Cc2cc(F)cc(F)c2)ccc1F.NC(=O)c1cc(-c2cccnc2[C@@H](CC(=O)Cn2nc(C(F)F)c(Br)c2C(F)F)Cc2cc(F)cc(F)c2)ccc1F.[B]=NS. The van der Waals surface area contributed by atoms with Crippen molar-refractivity contribution in [3.63, 3.8) is 0 Å². The van der Waals surface area contributed by atoms with E-state index in [1.807, 2.05) is 5.10 Å². The zero-order valence-electron chi connectivity index (χ0n) is 49.7. The van der Waals surface area contributed by atoms with Gasteiger partial charge < -0.3 is 11.5 Å². The first kappa shape index (κ1) is 81.0. The van der Waals surface area contributed by atoms with Crippen molar-refractivity contribution in [2.24, 2.45) is 15.8 Å². The first-order chi connectivity index (χ1) is 46.7.